The molecule has 2 N–H and O–H groups in total. The van der Waals surface area contributed by atoms with Gasteiger partial charge in [-0.3, -0.25) is 9.59 Å². The van der Waals surface area contributed by atoms with E-state index in [2.05, 4.69) is 10.6 Å². The first-order valence-electron chi connectivity index (χ1n) is 15.7. The number of fused-ring (bicyclic) bond motifs is 3. The molecule has 0 saturated carbocycles. The number of hydrogen-bond donors (Lipinski definition) is 2. The Morgan fingerprint density at radius 2 is 1.29 bits per heavy atom. The molecule has 1 aliphatic carbocycles. The first kappa shape index (κ1) is 34.2. The Kier molecular flexibility index (Phi) is 9.54. The first-order chi connectivity index (χ1) is 23.4. The molecule has 2 aliphatic rings. The molecule has 1 fully saturated rings. The Morgan fingerprint density at radius 3 is 1.86 bits per heavy atom. The van der Waals surface area contributed by atoms with Gasteiger partial charge in [-0.25, -0.2) is 0 Å². The van der Waals surface area contributed by atoms with E-state index >= 15 is 0 Å². The highest BCUT2D eigenvalue weighted by atomic mass is 19.4. The zero-order valence-corrected chi connectivity index (χ0v) is 26.0. The van der Waals surface area contributed by atoms with Crippen LogP contribution in [0.4, 0.5) is 26.3 Å². The summed E-state index contributed by atoms with van der Waals surface area (Å²) in [5.74, 6) is -1.18. The number of amides is 2. The van der Waals surface area contributed by atoms with Crippen molar-refractivity contribution in [1.82, 2.24) is 10.6 Å². The van der Waals surface area contributed by atoms with Crippen LogP contribution in [0.25, 0.3) is 22.3 Å². The summed E-state index contributed by atoms with van der Waals surface area (Å²) in [6.07, 6.45) is -8.80. The molecule has 0 bridgehead atoms. The predicted molar refractivity (Wildman–Crippen MR) is 169 cm³/mol. The van der Waals surface area contributed by atoms with Crippen LogP contribution in [0.15, 0.2) is 97.1 Å². The second kappa shape index (κ2) is 13.7. The van der Waals surface area contributed by atoms with E-state index in [1.165, 1.54) is 12.1 Å². The predicted octanol–water partition coefficient (Wildman–Crippen LogP) is 7.66. The minimum absolute atomic E-state index is 0.113. The van der Waals surface area contributed by atoms with Crippen molar-refractivity contribution >= 4 is 11.8 Å². The third kappa shape index (κ3) is 7.20. The van der Waals surface area contributed by atoms with Gasteiger partial charge in [-0.05, 0) is 70.8 Å². The number of ether oxygens (including phenoxy) is 2. The summed E-state index contributed by atoms with van der Waals surface area (Å²) in [4.78, 5) is 26.9. The van der Waals surface area contributed by atoms with Crippen LogP contribution in [-0.4, -0.2) is 50.1 Å². The van der Waals surface area contributed by atoms with Crippen molar-refractivity contribution in [2.45, 2.75) is 49.4 Å². The molecular weight excluding hydrogens is 650 g/mol. The van der Waals surface area contributed by atoms with E-state index < -0.39 is 54.0 Å². The van der Waals surface area contributed by atoms with E-state index in [1.54, 1.807) is 48.5 Å². The van der Waals surface area contributed by atoms with Crippen LogP contribution in [-0.2, 0) is 25.9 Å². The molecule has 49 heavy (non-hydrogen) atoms. The van der Waals surface area contributed by atoms with Crippen molar-refractivity contribution in [3.05, 3.63) is 119 Å². The molecule has 4 aromatic rings. The molecular formula is C37H32F6N2O4. The SMILES string of the molecule is O=C(NC1COC(CCCC2(C(=O)NCC(F)(F)F)c3ccccc3-c3ccccc32)OC1)c1ccccc1-c1ccc(C(F)(F)F)cc1. The topological polar surface area (TPSA) is 76.7 Å². The molecule has 4 aromatic carbocycles. The van der Waals surface area contributed by atoms with Crippen LogP contribution >= 0.6 is 0 Å². The molecule has 0 unspecified atom stereocenters. The molecule has 256 valence electrons. The van der Waals surface area contributed by atoms with Crippen molar-refractivity contribution < 1.29 is 45.4 Å². The summed E-state index contributed by atoms with van der Waals surface area (Å²) in [5.41, 5.74) is 1.93. The highest BCUT2D eigenvalue weighted by Crippen LogP contribution is 2.51. The van der Waals surface area contributed by atoms with Gasteiger partial charge in [0.2, 0.25) is 5.91 Å². The fourth-order valence-electron chi connectivity index (χ4n) is 6.65. The molecule has 12 heteroatoms. The molecule has 1 aliphatic heterocycles. The Labute approximate surface area is 278 Å². The van der Waals surface area contributed by atoms with E-state index in [4.69, 9.17) is 9.47 Å². The summed E-state index contributed by atoms with van der Waals surface area (Å²) in [7, 11) is 0. The Bertz CT molecular complexity index is 1770. The number of alkyl halides is 6. The summed E-state index contributed by atoms with van der Waals surface area (Å²) in [6, 6.07) is 25.1. The second-order valence-corrected chi connectivity index (χ2v) is 12.1. The van der Waals surface area contributed by atoms with Gasteiger partial charge < -0.3 is 20.1 Å². The lowest BCUT2D eigenvalue weighted by atomic mass is 9.73. The van der Waals surface area contributed by atoms with E-state index in [1.807, 2.05) is 24.3 Å². The van der Waals surface area contributed by atoms with Gasteiger partial charge in [-0.1, -0.05) is 78.9 Å². The molecule has 0 aromatic heterocycles. The summed E-state index contributed by atoms with van der Waals surface area (Å²) in [6.45, 7) is -1.22. The monoisotopic (exact) mass is 682 g/mol. The normalized spacial score (nSPS) is 18.3. The second-order valence-electron chi connectivity index (χ2n) is 12.1. The third-order valence-corrected chi connectivity index (χ3v) is 8.89. The largest absolute Gasteiger partial charge is 0.416 e. The Balaban J connectivity index is 1.09. The smallest absolute Gasteiger partial charge is 0.350 e. The minimum Gasteiger partial charge on any atom is -0.350 e. The number of halogens is 6. The molecule has 1 heterocycles. The quantitative estimate of drug-likeness (QED) is 0.178. The molecule has 6 rings (SSSR count). The van der Waals surface area contributed by atoms with Crippen molar-refractivity contribution in [2.24, 2.45) is 0 Å². The molecule has 0 radical (unpaired) electrons. The van der Waals surface area contributed by atoms with Gasteiger partial charge in [0, 0.05) is 5.56 Å². The third-order valence-electron chi connectivity index (χ3n) is 8.89. The lowest BCUT2D eigenvalue weighted by Gasteiger charge is -2.33. The lowest BCUT2D eigenvalue weighted by molar-refractivity contribution is -0.191. The minimum atomic E-state index is -4.57. The van der Waals surface area contributed by atoms with Gasteiger partial charge in [-0.2, -0.15) is 26.3 Å². The summed E-state index contributed by atoms with van der Waals surface area (Å²) < 4.78 is 90.4. The number of benzene rings is 4. The van der Waals surface area contributed by atoms with Crippen LogP contribution < -0.4 is 10.6 Å². The summed E-state index contributed by atoms with van der Waals surface area (Å²) in [5, 5.41) is 4.98. The zero-order valence-electron chi connectivity index (χ0n) is 26.0. The van der Waals surface area contributed by atoms with Gasteiger partial charge in [0.05, 0.1) is 24.8 Å². The highest BCUT2D eigenvalue weighted by molar-refractivity contribution is 6.01. The average Bonchev–Trinajstić information content (AvgIpc) is 3.38. The van der Waals surface area contributed by atoms with Crippen LogP contribution in [0, 0.1) is 0 Å². The Hall–Kier alpha value is -4.68. The van der Waals surface area contributed by atoms with Crippen molar-refractivity contribution in [2.75, 3.05) is 19.8 Å². The Morgan fingerprint density at radius 1 is 0.735 bits per heavy atom. The van der Waals surface area contributed by atoms with Crippen molar-refractivity contribution in [1.29, 1.82) is 0 Å². The van der Waals surface area contributed by atoms with Crippen molar-refractivity contribution in [3.8, 4) is 22.3 Å². The number of carbonyl (C=O) groups excluding carboxylic acids is 2. The average molecular weight is 683 g/mol. The van der Waals surface area contributed by atoms with E-state index in [-0.39, 0.29) is 25.2 Å². The van der Waals surface area contributed by atoms with E-state index in [0.29, 0.717) is 35.1 Å². The lowest BCUT2D eigenvalue weighted by Crippen LogP contribution is -2.48. The van der Waals surface area contributed by atoms with E-state index in [0.717, 1.165) is 23.3 Å². The van der Waals surface area contributed by atoms with Crippen LogP contribution in [0.5, 0.6) is 0 Å². The number of rotatable bonds is 9. The first-order valence-corrected chi connectivity index (χ1v) is 15.7. The van der Waals surface area contributed by atoms with Gasteiger partial charge in [-0.15, -0.1) is 0 Å². The van der Waals surface area contributed by atoms with Crippen LogP contribution in [0.3, 0.4) is 0 Å². The maximum absolute atomic E-state index is 13.7. The van der Waals surface area contributed by atoms with Gasteiger partial charge >= 0.3 is 12.4 Å². The summed E-state index contributed by atoms with van der Waals surface area (Å²) >= 11 is 0. The van der Waals surface area contributed by atoms with Crippen LogP contribution in [0.1, 0.15) is 46.3 Å². The van der Waals surface area contributed by atoms with Crippen LogP contribution in [0.2, 0.25) is 0 Å². The molecule has 0 spiro atoms. The van der Waals surface area contributed by atoms with Crippen molar-refractivity contribution in [3.63, 3.8) is 0 Å². The van der Waals surface area contributed by atoms with Gasteiger partial charge in [0.1, 0.15) is 12.0 Å². The zero-order chi connectivity index (χ0) is 34.8. The highest BCUT2D eigenvalue weighted by Gasteiger charge is 2.49. The number of hydrogen-bond acceptors (Lipinski definition) is 4. The van der Waals surface area contributed by atoms with Gasteiger partial charge in [0.25, 0.3) is 5.91 Å². The molecule has 2 amide bonds. The molecule has 1 saturated heterocycles. The van der Waals surface area contributed by atoms with Gasteiger partial charge in [0.15, 0.2) is 6.29 Å². The standard InChI is InChI=1S/C37H32F6N2O4/c38-36(39,40)22-44-34(47)35(30-12-5-3-9-27(30)28-10-4-6-13-31(28)35)19-7-14-32-48-20-25(21-49-32)45-33(46)29-11-2-1-8-26(29)23-15-17-24(18-16-23)37(41,42)43/h1-6,8-13,15-18,25,32H,7,14,19-22H2,(H,44,47)(H,45,46). The molecule has 6 nitrogen and oxygen atoms in total. The number of carbonyl (C=O) groups is 2. The van der Waals surface area contributed by atoms with E-state index in [9.17, 15) is 35.9 Å². The fraction of sp³-hybridized carbons (Fsp3) is 0.297. The maximum atomic E-state index is 13.7. The maximum Gasteiger partial charge on any atom is 0.416 e. The number of nitrogens with one attached hydrogen (secondary N) is 2. The molecule has 0 atom stereocenters. The fourth-order valence-corrected chi connectivity index (χ4v) is 6.65.